The molecular formula is C15H15N3. The van der Waals surface area contributed by atoms with Crippen LogP contribution in [0.4, 0.5) is 0 Å². The van der Waals surface area contributed by atoms with Gasteiger partial charge in [-0.1, -0.05) is 11.6 Å². The lowest BCUT2D eigenvalue weighted by molar-refractivity contribution is 0.753. The van der Waals surface area contributed by atoms with Gasteiger partial charge in [-0.25, -0.2) is 0 Å². The molecule has 1 atom stereocenters. The summed E-state index contributed by atoms with van der Waals surface area (Å²) in [6.45, 7) is 2.15. The van der Waals surface area contributed by atoms with Crippen molar-refractivity contribution in [1.82, 2.24) is 4.57 Å². The monoisotopic (exact) mass is 237 g/mol. The minimum Gasteiger partial charge on any atom is -0.342 e. The van der Waals surface area contributed by atoms with Crippen LogP contribution in [0.5, 0.6) is 0 Å². The molecule has 1 aliphatic heterocycles. The van der Waals surface area contributed by atoms with Gasteiger partial charge in [0, 0.05) is 30.1 Å². The zero-order valence-corrected chi connectivity index (χ0v) is 10.6. The third-order valence-corrected chi connectivity index (χ3v) is 4.17. The Bertz CT molecular complexity index is 719. The van der Waals surface area contributed by atoms with Gasteiger partial charge in [0.15, 0.2) is 0 Å². The second kappa shape index (κ2) is 3.31. The van der Waals surface area contributed by atoms with Gasteiger partial charge < -0.3 is 4.57 Å². The van der Waals surface area contributed by atoms with Crippen LogP contribution in [0.3, 0.4) is 0 Å². The summed E-state index contributed by atoms with van der Waals surface area (Å²) >= 11 is 0. The van der Waals surface area contributed by atoms with E-state index >= 15 is 0 Å². The summed E-state index contributed by atoms with van der Waals surface area (Å²) < 4.78 is 2.28. The topological polar surface area (TPSA) is 29.6 Å². The molecule has 2 aliphatic rings. The van der Waals surface area contributed by atoms with Gasteiger partial charge in [0.1, 0.15) is 0 Å². The molecule has 0 bridgehead atoms. The van der Waals surface area contributed by atoms with Crippen molar-refractivity contribution in [1.29, 1.82) is 0 Å². The normalized spacial score (nSPS) is 21.0. The molecule has 4 rings (SSSR count). The van der Waals surface area contributed by atoms with Crippen molar-refractivity contribution in [2.45, 2.75) is 19.8 Å². The van der Waals surface area contributed by atoms with Crippen LogP contribution in [0.25, 0.3) is 10.9 Å². The third-order valence-electron chi connectivity index (χ3n) is 4.17. The standard InChI is InChI=1S/C15H15N3/c1-9-3-6-13-12(7-9)11-5-4-10-8-16-17-14(10)15(11)18(13)2/h3,6-8,10H,4-5H2,1-2H3. The molecule has 90 valence electrons. The third kappa shape index (κ3) is 1.14. The van der Waals surface area contributed by atoms with Crippen LogP contribution in [0.2, 0.25) is 0 Å². The van der Waals surface area contributed by atoms with Gasteiger partial charge in [0.05, 0.1) is 11.4 Å². The maximum Gasteiger partial charge on any atom is 0.0954 e. The van der Waals surface area contributed by atoms with Crippen LogP contribution < -0.4 is 0 Å². The molecule has 1 aliphatic carbocycles. The van der Waals surface area contributed by atoms with Crippen LogP contribution >= 0.6 is 0 Å². The summed E-state index contributed by atoms with van der Waals surface area (Å²) in [5.74, 6) is 0.432. The van der Waals surface area contributed by atoms with E-state index in [0.717, 1.165) is 18.6 Å². The van der Waals surface area contributed by atoms with E-state index in [1.807, 2.05) is 6.21 Å². The fourth-order valence-electron chi connectivity index (χ4n) is 3.27. The highest BCUT2D eigenvalue weighted by Gasteiger charge is 2.31. The smallest absolute Gasteiger partial charge is 0.0954 e. The van der Waals surface area contributed by atoms with Crippen molar-refractivity contribution in [3.63, 3.8) is 0 Å². The zero-order chi connectivity index (χ0) is 12.3. The zero-order valence-electron chi connectivity index (χ0n) is 10.6. The molecule has 3 heteroatoms. The molecule has 0 saturated heterocycles. The van der Waals surface area contributed by atoms with Gasteiger partial charge in [-0.15, -0.1) is 0 Å². The first-order chi connectivity index (χ1) is 8.75. The van der Waals surface area contributed by atoms with E-state index in [9.17, 15) is 0 Å². The Kier molecular flexibility index (Phi) is 1.85. The number of benzene rings is 1. The number of aromatic nitrogens is 1. The van der Waals surface area contributed by atoms with Crippen LogP contribution in [0.1, 0.15) is 23.2 Å². The lowest BCUT2D eigenvalue weighted by Crippen LogP contribution is -2.23. The second-order valence-electron chi connectivity index (χ2n) is 5.30. The maximum atomic E-state index is 4.34. The van der Waals surface area contributed by atoms with Gasteiger partial charge in [-0.2, -0.15) is 10.2 Å². The lowest BCUT2D eigenvalue weighted by atomic mass is 9.86. The fraction of sp³-hybridized carbons (Fsp3) is 0.333. The molecular weight excluding hydrogens is 222 g/mol. The van der Waals surface area contributed by atoms with Crippen molar-refractivity contribution >= 4 is 22.8 Å². The Morgan fingerprint density at radius 3 is 3.11 bits per heavy atom. The van der Waals surface area contributed by atoms with Crippen molar-refractivity contribution in [3.05, 3.63) is 35.0 Å². The molecule has 0 N–H and O–H groups in total. The fourth-order valence-corrected chi connectivity index (χ4v) is 3.27. The van der Waals surface area contributed by atoms with Crippen LogP contribution in [0.15, 0.2) is 28.4 Å². The van der Waals surface area contributed by atoms with Gasteiger partial charge >= 0.3 is 0 Å². The number of hydrogen-bond acceptors (Lipinski definition) is 2. The lowest BCUT2D eigenvalue weighted by Gasteiger charge is -2.19. The van der Waals surface area contributed by atoms with Crippen molar-refractivity contribution in [2.75, 3.05) is 0 Å². The first-order valence-corrected chi connectivity index (χ1v) is 6.45. The minimum absolute atomic E-state index is 0.432. The Hall–Kier alpha value is -1.90. The van der Waals surface area contributed by atoms with Crippen molar-refractivity contribution < 1.29 is 0 Å². The number of rotatable bonds is 0. The van der Waals surface area contributed by atoms with E-state index in [0.29, 0.717) is 5.92 Å². The van der Waals surface area contributed by atoms with Gasteiger partial charge in [0.2, 0.25) is 0 Å². The predicted molar refractivity (Wildman–Crippen MR) is 74.5 cm³/mol. The van der Waals surface area contributed by atoms with Gasteiger partial charge in [-0.05, 0) is 37.5 Å². The highest BCUT2D eigenvalue weighted by molar-refractivity contribution is 6.15. The molecule has 0 spiro atoms. The largest absolute Gasteiger partial charge is 0.342 e. The summed E-state index contributed by atoms with van der Waals surface area (Å²) in [6, 6.07) is 6.69. The number of nitrogens with zero attached hydrogens (tertiary/aromatic N) is 3. The summed E-state index contributed by atoms with van der Waals surface area (Å²) in [5.41, 5.74) is 6.54. The van der Waals surface area contributed by atoms with Gasteiger partial charge in [-0.3, -0.25) is 0 Å². The highest BCUT2D eigenvalue weighted by Crippen LogP contribution is 2.35. The molecule has 0 amide bonds. The van der Waals surface area contributed by atoms with Crippen LogP contribution in [-0.4, -0.2) is 16.5 Å². The molecule has 1 aromatic heterocycles. The molecule has 18 heavy (non-hydrogen) atoms. The molecule has 0 fully saturated rings. The Morgan fingerprint density at radius 1 is 1.33 bits per heavy atom. The van der Waals surface area contributed by atoms with E-state index < -0.39 is 0 Å². The van der Waals surface area contributed by atoms with E-state index in [1.165, 1.54) is 27.7 Å². The Labute approximate surface area is 106 Å². The molecule has 1 aromatic carbocycles. The predicted octanol–water partition coefficient (Wildman–Crippen LogP) is 2.84. The summed E-state index contributed by atoms with van der Waals surface area (Å²) in [5, 5.41) is 9.84. The number of aryl methyl sites for hydroxylation is 3. The summed E-state index contributed by atoms with van der Waals surface area (Å²) in [4.78, 5) is 0. The van der Waals surface area contributed by atoms with E-state index in [1.54, 1.807) is 0 Å². The molecule has 0 saturated carbocycles. The number of hydrogen-bond donors (Lipinski definition) is 0. The summed E-state index contributed by atoms with van der Waals surface area (Å²) in [7, 11) is 2.14. The summed E-state index contributed by atoms with van der Waals surface area (Å²) in [6.07, 6.45) is 4.26. The first-order valence-electron chi connectivity index (χ1n) is 6.45. The maximum absolute atomic E-state index is 4.34. The Morgan fingerprint density at radius 2 is 2.22 bits per heavy atom. The van der Waals surface area contributed by atoms with Gasteiger partial charge in [0.25, 0.3) is 0 Å². The first kappa shape index (κ1) is 10.1. The van der Waals surface area contributed by atoms with Crippen LogP contribution in [-0.2, 0) is 13.5 Å². The van der Waals surface area contributed by atoms with E-state index in [4.69, 9.17) is 0 Å². The average Bonchev–Trinajstić information content (AvgIpc) is 2.93. The van der Waals surface area contributed by atoms with E-state index in [-0.39, 0.29) is 0 Å². The van der Waals surface area contributed by atoms with Crippen molar-refractivity contribution in [3.8, 4) is 0 Å². The van der Waals surface area contributed by atoms with E-state index in [2.05, 4.69) is 46.9 Å². The molecule has 1 unspecified atom stereocenters. The SMILES string of the molecule is Cc1ccc2c(c1)c1c(n2C)C2=NN=CC2CC1. The van der Waals surface area contributed by atoms with Crippen molar-refractivity contribution in [2.24, 2.45) is 23.2 Å². The number of fused-ring (bicyclic) bond motifs is 5. The second-order valence-corrected chi connectivity index (χ2v) is 5.30. The molecule has 2 heterocycles. The molecule has 3 nitrogen and oxygen atoms in total. The highest BCUT2D eigenvalue weighted by atomic mass is 15.2. The average molecular weight is 237 g/mol. The minimum atomic E-state index is 0.432. The molecule has 2 aromatic rings. The van der Waals surface area contributed by atoms with Crippen LogP contribution in [0, 0.1) is 12.8 Å². The Balaban J connectivity index is 2.09. The quantitative estimate of drug-likeness (QED) is 0.674. The molecule has 0 radical (unpaired) electrons.